The standard InChI is InChI=1S/C8H8ClFO.3BF4.Na.H/c1-11-5-6-2-3-7(10)4-8(6)9;3*2-1(3,4)5;;/h2-4H,5H2,1H3;;;;;/q;3*-1;;. The van der Waals surface area contributed by atoms with Gasteiger partial charge in [-0.3, -0.25) is 0 Å². The van der Waals surface area contributed by atoms with Crippen molar-refractivity contribution in [2.75, 3.05) is 7.11 Å². The topological polar surface area (TPSA) is 9.23 Å². The maximum absolute atomic E-state index is 12.5. The van der Waals surface area contributed by atoms with Crippen LogP contribution >= 0.6 is 11.6 Å². The van der Waals surface area contributed by atoms with Crippen molar-refractivity contribution in [3.05, 3.63) is 34.6 Å². The number of hydrogen-bond acceptors (Lipinski definition) is 1. The second-order valence-corrected chi connectivity index (χ2v) is 4.06. The molecule has 0 aliphatic carbocycles. The fraction of sp³-hybridized carbons (Fsp3) is 0.250. The van der Waals surface area contributed by atoms with Crippen LogP contribution in [0.4, 0.5) is 56.2 Å². The Morgan fingerprint density at radius 2 is 1.07 bits per heavy atom. The van der Waals surface area contributed by atoms with Gasteiger partial charge >= 0.3 is 51.3 Å². The molecule has 0 aliphatic rings. The van der Waals surface area contributed by atoms with Crippen molar-refractivity contribution in [2.45, 2.75) is 6.61 Å². The van der Waals surface area contributed by atoms with Gasteiger partial charge in [-0.2, -0.15) is 0 Å². The molecule has 1 aromatic rings. The first-order valence-corrected chi connectivity index (χ1v) is 6.16. The van der Waals surface area contributed by atoms with E-state index >= 15 is 0 Å². The normalized spacial score (nSPS) is 10.8. The summed E-state index contributed by atoms with van der Waals surface area (Å²) in [6.45, 7) is 0.416. The monoisotopic (exact) mass is 459 g/mol. The SMILES string of the molecule is COCc1ccc(F)cc1Cl.F[B-](F)(F)F.F[B-](F)(F)F.F[B-](F)(F)F.[NaH]. The molecule has 0 heterocycles. The second kappa shape index (κ2) is 15.7. The predicted molar refractivity (Wildman–Crippen MR) is 79.8 cm³/mol. The number of methoxy groups -OCH3 is 1. The molecule has 1 nitrogen and oxygen atoms in total. The van der Waals surface area contributed by atoms with E-state index in [1.165, 1.54) is 12.1 Å². The van der Waals surface area contributed by atoms with E-state index in [-0.39, 0.29) is 35.4 Å². The van der Waals surface area contributed by atoms with Crippen LogP contribution in [0, 0.1) is 5.82 Å². The minimum atomic E-state index is -6.00. The summed E-state index contributed by atoms with van der Waals surface area (Å²) < 4.78 is 134. The summed E-state index contributed by atoms with van der Waals surface area (Å²) in [5.74, 6) is -0.324. The molecule has 0 atom stereocenters. The van der Waals surface area contributed by atoms with Crippen molar-refractivity contribution in [2.24, 2.45) is 0 Å². The molecule has 0 bridgehead atoms. The van der Waals surface area contributed by atoms with Crippen LogP contribution in [0.1, 0.15) is 5.56 Å². The second-order valence-electron chi connectivity index (χ2n) is 3.65. The molecule has 0 aliphatic heterocycles. The van der Waals surface area contributed by atoms with Crippen LogP contribution in [0.15, 0.2) is 18.2 Å². The Hall–Kier alpha value is -0.245. The van der Waals surface area contributed by atoms with Gasteiger partial charge in [0.15, 0.2) is 0 Å². The summed E-state index contributed by atoms with van der Waals surface area (Å²) in [6.07, 6.45) is 0. The Morgan fingerprint density at radius 3 is 1.30 bits per heavy atom. The van der Waals surface area contributed by atoms with Crippen molar-refractivity contribution < 1.29 is 60.9 Å². The van der Waals surface area contributed by atoms with E-state index in [2.05, 4.69) is 0 Å². The molecule has 0 saturated heterocycles. The van der Waals surface area contributed by atoms with Crippen LogP contribution in [0.2, 0.25) is 5.02 Å². The van der Waals surface area contributed by atoms with E-state index in [1.54, 1.807) is 13.2 Å². The van der Waals surface area contributed by atoms with Crippen molar-refractivity contribution in [3.63, 3.8) is 0 Å². The van der Waals surface area contributed by atoms with Gasteiger partial charge in [0.05, 0.1) is 6.61 Å². The molecule has 27 heavy (non-hydrogen) atoms. The number of halogens is 14. The van der Waals surface area contributed by atoms with Crippen LogP contribution in [0.5, 0.6) is 0 Å². The third-order valence-corrected chi connectivity index (χ3v) is 1.67. The number of ether oxygens (including phenoxy) is 1. The first kappa shape index (κ1) is 34.3. The fourth-order valence-electron chi connectivity index (χ4n) is 0.794. The molecule has 158 valence electrons. The molecule has 1 aromatic carbocycles. The average molecular weight is 459 g/mol. The summed E-state index contributed by atoms with van der Waals surface area (Å²) in [6, 6.07) is 4.25. The molecule has 0 N–H and O–H groups in total. The Kier molecular flexibility index (Phi) is 19.9. The molecule has 0 saturated carbocycles. The number of benzene rings is 1. The zero-order valence-electron chi connectivity index (χ0n) is 12.4. The zero-order valence-corrected chi connectivity index (χ0v) is 13.1. The minimum absolute atomic E-state index is 0. The Labute approximate surface area is 172 Å². The Balaban J connectivity index is -0.000000142. The Morgan fingerprint density at radius 1 is 0.778 bits per heavy atom. The molecule has 1 rings (SSSR count). The van der Waals surface area contributed by atoms with Crippen LogP contribution in [0.25, 0.3) is 0 Å². The summed E-state index contributed by atoms with van der Waals surface area (Å²) in [4.78, 5) is 0. The molecule has 0 fully saturated rings. The first-order valence-electron chi connectivity index (χ1n) is 5.79. The summed E-state index contributed by atoms with van der Waals surface area (Å²) in [7, 11) is -16.4. The maximum atomic E-state index is 12.5. The van der Waals surface area contributed by atoms with Gasteiger partial charge in [-0.15, -0.1) is 0 Å². The van der Waals surface area contributed by atoms with E-state index < -0.39 is 21.8 Å². The van der Waals surface area contributed by atoms with E-state index in [9.17, 15) is 56.2 Å². The summed E-state index contributed by atoms with van der Waals surface area (Å²) in [5, 5.41) is 0.409. The first-order chi connectivity index (χ1) is 11.2. The molecule has 0 amide bonds. The number of hydrogen-bond donors (Lipinski definition) is 0. The molecular formula is C8H9B3ClF13NaO-3. The van der Waals surface area contributed by atoms with Crippen LogP contribution in [-0.2, 0) is 11.3 Å². The average Bonchev–Trinajstić information content (AvgIpc) is 2.26. The number of rotatable bonds is 2. The molecule has 0 unspecified atom stereocenters. The van der Waals surface area contributed by atoms with Crippen LogP contribution < -0.4 is 0 Å². The van der Waals surface area contributed by atoms with Gasteiger partial charge in [0.2, 0.25) is 0 Å². The molecule has 0 radical (unpaired) electrons. The summed E-state index contributed by atoms with van der Waals surface area (Å²) in [5.41, 5.74) is 0.801. The van der Waals surface area contributed by atoms with Gasteiger partial charge in [0, 0.05) is 12.1 Å². The molecule has 19 heteroatoms. The van der Waals surface area contributed by atoms with Gasteiger partial charge in [0.1, 0.15) is 5.82 Å². The quantitative estimate of drug-likeness (QED) is 0.397. The van der Waals surface area contributed by atoms with Crippen LogP contribution in [-0.4, -0.2) is 58.4 Å². The van der Waals surface area contributed by atoms with E-state index in [1.807, 2.05) is 0 Å². The van der Waals surface area contributed by atoms with Crippen molar-refractivity contribution in [1.29, 1.82) is 0 Å². The van der Waals surface area contributed by atoms with E-state index in [0.717, 1.165) is 5.56 Å². The van der Waals surface area contributed by atoms with Gasteiger partial charge in [0.25, 0.3) is 0 Å². The van der Waals surface area contributed by atoms with Crippen LogP contribution in [0.3, 0.4) is 0 Å². The van der Waals surface area contributed by atoms with Gasteiger partial charge in [-0.1, -0.05) is 17.7 Å². The predicted octanol–water partition coefficient (Wildman–Crippen LogP) is 5.88. The van der Waals surface area contributed by atoms with E-state index in [0.29, 0.717) is 11.6 Å². The molecular weight excluding hydrogens is 450 g/mol. The van der Waals surface area contributed by atoms with Crippen molar-refractivity contribution in [1.82, 2.24) is 0 Å². The third-order valence-electron chi connectivity index (χ3n) is 1.31. The molecule has 0 spiro atoms. The van der Waals surface area contributed by atoms with Gasteiger partial charge in [-0.25, -0.2) is 4.39 Å². The van der Waals surface area contributed by atoms with E-state index in [4.69, 9.17) is 16.3 Å². The van der Waals surface area contributed by atoms with Crippen molar-refractivity contribution >= 4 is 62.9 Å². The molecule has 0 aromatic heterocycles. The van der Waals surface area contributed by atoms with Gasteiger partial charge < -0.3 is 56.5 Å². The summed E-state index contributed by atoms with van der Waals surface area (Å²) >= 11 is 5.69. The Bertz CT molecular complexity index is 449. The third kappa shape index (κ3) is 58.6. The fourth-order valence-corrected chi connectivity index (χ4v) is 1.02. The van der Waals surface area contributed by atoms with Crippen molar-refractivity contribution in [3.8, 4) is 0 Å². The zero-order chi connectivity index (χ0) is 21.8. The van der Waals surface area contributed by atoms with Gasteiger partial charge in [-0.05, 0) is 17.7 Å².